The first kappa shape index (κ1) is 19.4. The number of nitriles is 1. The number of nitrogens with one attached hydrogen (secondary N) is 1. The van der Waals surface area contributed by atoms with Gasteiger partial charge in [-0.05, 0) is 64.9 Å². The van der Waals surface area contributed by atoms with Crippen molar-refractivity contribution in [2.75, 3.05) is 18.0 Å². The highest BCUT2D eigenvalue weighted by Crippen LogP contribution is 2.47. The fourth-order valence-corrected chi connectivity index (χ4v) is 5.11. The van der Waals surface area contributed by atoms with E-state index in [0.29, 0.717) is 17.7 Å². The van der Waals surface area contributed by atoms with E-state index in [1.165, 1.54) is 12.8 Å². The van der Waals surface area contributed by atoms with E-state index in [1.54, 1.807) is 6.07 Å². The van der Waals surface area contributed by atoms with E-state index in [-0.39, 0.29) is 10.2 Å². The Kier molecular flexibility index (Phi) is 5.48. The summed E-state index contributed by atoms with van der Waals surface area (Å²) in [6.45, 7) is 9.71. The van der Waals surface area contributed by atoms with Gasteiger partial charge >= 0.3 is 0 Å². The Labute approximate surface area is 159 Å². The van der Waals surface area contributed by atoms with Gasteiger partial charge in [0, 0.05) is 30.1 Å². The molecule has 0 aromatic carbocycles. The molecular weight excluding hydrogens is 346 g/mol. The summed E-state index contributed by atoms with van der Waals surface area (Å²) in [7, 11) is 0. The van der Waals surface area contributed by atoms with E-state index >= 15 is 0 Å². The van der Waals surface area contributed by atoms with Gasteiger partial charge < -0.3 is 9.45 Å². The van der Waals surface area contributed by atoms with Gasteiger partial charge in [-0.2, -0.15) is 5.26 Å². The summed E-state index contributed by atoms with van der Waals surface area (Å²) in [4.78, 5) is 11.1. The Morgan fingerprint density at radius 3 is 2.62 bits per heavy atom. The highest BCUT2D eigenvalue weighted by Gasteiger charge is 2.47. The second-order valence-electron chi connectivity index (χ2n) is 8.60. The summed E-state index contributed by atoms with van der Waals surface area (Å²) in [6, 6.07) is 4.15. The van der Waals surface area contributed by atoms with Gasteiger partial charge in [-0.25, -0.2) is 9.97 Å². The maximum atomic E-state index is 12.6. The van der Waals surface area contributed by atoms with Crippen molar-refractivity contribution in [1.82, 2.24) is 14.7 Å². The molecule has 1 saturated heterocycles. The maximum absolute atomic E-state index is 12.6. The van der Waals surface area contributed by atoms with Crippen molar-refractivity contribution in [2.24, 2.45) is 5.41 Å². The Morgan fingerprint density at radius 1 is 1.31 bits per heavy atom. The number of nitrogens with zero attached hydrogens (tertiary/aromatic N) is 4. The molecule has 1 aromatic rings. The van der Waals surface area contributed by atoms with E-state index in [2.05, 4.69) is 25.7 Å². The van der Waals surface area contributed by atoms with Crippen LogP contribution in [0.5, 0.6) is 0 Å². The molecule has 1 aliphatic heterocycles. The minimum Gasteiger partial charge on any atom is -0.598 e. The molecule has 26 heavy (non-hydrogen) atoms. The van der Waals surface area contributed by atoms with Crippen molar-refractivity contribution < 1.29 is 4.55 Å². The van der Waals surface area contributed by atoms with E-state index in [0.717, 1.165) is 38.0 Å². The molecule has 1 saturated carbocycles. The molecule has 0 bridgehead atoms. The van der Waals surface area contributed by atoms with Gasteiger partial charge in [0.05, 0.1) is 6.04 Å². The van der Waals surface area contributed by atoms with Gasteiger partial charge in [-0.15, -0.1) is 4.72 Å². The van der Waals surface area contributed by atoms with Crippen molar-refractivity contribution >= 4 is 17.3 Å². The second-order valence-corrected chi connectivity index (χ2v) is 10.6. The lowest BCUT2D eigenvalue weighted by atomic mass is 9.74. The first-order valence-electron chi connectivity index (χ1n) is 9.42. The first-order valence-corrected chi connectivity index (χ1v) is 10.6. The lowest BCUT2D eigenvalue weighted by molar-refractivity contribution is 0.186. The summed E-state index contributed by atoms with van der Waals surface area (Å²) < 4.78 is 15.8. The molecule has 2 aliphatic rings. The van der Waals surface area contributed by atoms with Crippen LogP contribution in [0.1, 0.15) is 64.3 Å². The van der Waals surface area contributed by atoms with E-state index in [1.807, 2.05) is 27.7 Å². The third-order valence-corrected chi connectivity index (χ3v) is 7.32. The SMILES string of the molecule is Cc1cc(C#N)nc(N2CCC3(CCC[C@H]3N[S+]([O-])C(C)(C)C)CC2)n1. The highest BCUT2D eigenvalue weighted by atomic mass is 32.2. The third kappa shape index (κ3) is 3.98. The predicted molar refractivity (Wildman–Crippen MR) is 104 cm³/mol. The molecule has 2 atom stereocenters. The summed E-state index contributed by atoms with van der Waals surface area (Å²) in [5.41, 5.74) is 1.47. The molecule has 1 N–H and O–H groups in total. The highest BCUT2D eigenvalue weighted by molar-refractivity contribution is 7.90. The smallest absolute Gasteiger partial charge is 0.226 e. The van der Waals surface area contributed by atoms with Crippen molar-refractivity contribution in [3.8, 4) is 6.07 Å². The van der Waals surface area contributed by atoms with Crippen LogP contribution in [-0.2, 0) is 11.4 Å². The summed E-state index contributed by atoms with van der Waals surface area (Å²) >= 11 is -1.03. The van der Waals surface area contributed by atoms with Crippen LogP contribution in [0, 0.1) is 23.7 Å². The molecule has 3 rings (SSSR count). The second kappa shape index (κ2) is 7.34. The fourth-order valence-electron chi connectivity index (χ4n) is 4.13. The zero-order valence-corrected chi connectivity index (χ0v) is 17.0. The normalized spacial score (nSPS) is 23.8. The van der Waals surface area contributed by atoms with Crippen molar-refractivity contribution in [2.45, 2.75) is 70.6 Å². The summed E-state index contributed by atoms with van der Waals surface area (Å²) in [6.07, 6.45) is 5.58. The van der Waals surface area contributed by atoms with Crippen LogP contribution in [0.3, 0.4) is 0 Å². The minimum absolute atomic E-state index is 0.222. The Balaban J connectivity index is 1.69. The molecule has 142 valence electrons. The monoisotopic (exact) mass is 375 g/mol. The van der Waals surface area contributed by atoms with Crippen molar-refractivity contribution in [3.05, 3.63) is 17.5 Å². The maximum Gasteiger partial charge on any atom is 0.226 e. The van der Waals surface area contributed by atoms with E-state index in [4.69, 9.17) is 5.26 Å². The summed E-state index contributed by atoms with van der Waals surface area (Å²) in [5, 5.41) is 9.14. The number of hydrogen-bond donors (Lipinski definition) is 1. The molecule has 0 radical (unpaired) electrons. The van der Waals surface area contributed by atoms with Gasteiger partial charge in [-0.3, -0.25) is 0 Å². The third-order valence-electron chi connectivity index (χ3n) is 5.71. The fraction of sp³-hybridized carbons (Fsp3) is 0.737. The molecule has 2 fully saturated rings. The molecule has 1 aromatic heterocycles. The predicted octanol–water partition coefficient (Wildman–Crippen LogP) is 2.85. The molecule has 2 heterocycles. The molecule has 7 heteroatoms. The topological polar surface area (TPSA) is 87.9 Å². The number of piperidine rings is 1. The Bertz CT molecular complexity index is 688. The Hall–Kier alpha value is -1.36. The number of aryl methyl sites for hydroxylation is 1. The van der Waals surface area contributed by atoms with Crippen molar-refractivity contribution in [3.63, 3.8) is 0 Å². The van der Waals surface area contributed by atoms with Crippen molar-refractivity contribution in [1.29, 1.82) is 5.26 Å². The quantitative estimate of drug-likeness (QED) is 0.817. The first-order chi connectivity index (χ1) is 12.2. The van der Waals surface area contributed by atoms with Crippen LogP contribution in [0.4, 0.5) is 5.95 Å². The van der Waals surface area contributed by atoms with Gasteiger partial charge in [0.15, 0.2) is 0 Å². The molecular formula is C19H29N5OS. The molecule has 0 amide bonds. The van der Waals surface area contributed by atoms with Crippen LogP contribution in [0.25, 0.3) is 0 Å². The standard InChI is InChI=1S/C19H29N5OS/c1-14-12-15(13-20)22-17(21-14)24-10-8-19(9-11-24)7-5-6-16(19)23-26(25)18(2,3)4/h12,16,23H,5-11H2,1-4H3/t16-,26?/m1/s1. The zero-order valence-electron chi connectivity index (χ0n) is 16.2. The van der Waals surface area contributed by atoms with Gasteiger partial charge in [0.25, 0.3) is 0 Å². The minimum atomic E-state index is -1.03. The zero-order chi connectivity index (χ0) is 18.9. The largest absolute Gasteiger partial charge is 0.598 e. The lowest BCUT2D eigenvalue weighted by Crippen LogP contribution is -2.53. The van der Waals surface area contributed by atoms with Gasteiger partial charge in [0.2, 0.25) is 5.95 Å². The average molecular weight is 376 g/mol. The molecule has 1 spiro atoms. The van der Waals surface area contributed by atoms with Crippen LogP contribution >= 0.6 is 0 Å². The molecule has 6 nitrogen and oxygen atoms in total. The number of anilines is 1. The van der Waals surface area contributed by atoms with Crippen LogP contribution < -0.4 is 9.62 Å². The summed E-state index contributed by atoms with van der Waals surface area (Å²) in [5.74, 6) is 0.664. The van der Waals surface area contributed by atoms with E-state index in [9.17, 15) is 4.55 Å². The average Bonchev–Trinajstić information content (AvgIpc) is 2.96. The van der Waals surface area contributed by atoms with Gasteiger partial charge in [0.1, 0.15) is 16.5 Å². The number of hydrogen-bond acceptors (Lipinski definition) is 6. The van der Waals surface area contributed by atoms with Crippen LogP contribution in [0.15, 0.2) is 6.07 Å². The Morgan fingerprint density at radius 2 is 2.00 bits per heavy atom. The molecule has 1 aliphatic carbocycles. The number of aromatic nitrogens is 2. The lowest BCUT2D eigenvalue weighted by Gasteiger charge is -2.43. The van der Waals surface area contributed by atoms with E-state index < -0.39 is 11.4 Å². The number of rotatable bonds is 3. The van der Waals surface area contributed by atoms with Crippen LogP contribution in [0.2, 0.25) is 0 Å². The molecule has 1 unspecified atom stereocenters. The van der Waals surface area contributed by atoms with Gasteiger partial charge in [-0.1, -0.05) is 6.42 Å². The van der Waals surface area contributed by atoms with Crippen LogP contribution in [-0.4, -0.2) is 38.4 Å².